The Balaban J connectivity index is 1.75. The Hall–Kier alpha value is -4.20. The van der Waals surface area contributed by atoms with Crippen molar-refractivity contribution in [2.24, 2.45) is 0 Å². The molecule has 0 radical (unpaired) electrons. The smallest absolute Gasteiger partial charge is 0.140 e. The summed E-state index contributed by atoms with van der Waals surface area (Å²) in [5, 5.41) is 15.1. The van der Waals surface area contributed by atoms with E-state index in [4.69, 9.17) is 16.6 Å². The van der Waals surface area contributed by atoms with E-state index in [1.807, 2.05) is 48.5 Å². The predicted octanol–water partition coefficient (Wildman–Crippen LogP) is 7.10. The summed E-state index contributed by atoms with van der Waals surface area (Å²) in [7, 11) is 0. The van der Waals surface area contributed by atoms with E-state index in [9.17, 15) is 5.26 Å². The molecule has 1 N–H and O–H groups in total. The highest BCUT2D eigenvalue weighted by Gasteiger charge is 2.18. The molecule has 158 valence electrons. The molecule has 0 amide bonds. The fraction of sp³-hybridized carbons (Fsp3) is 0.0357. The zero-order valence-corrected chi connectivity index (χ0v) is 18.4. The molecule has 0 spiro atoms. The predicted molar refractivity (Wildman–Crippen MR) is 134 cm³/mol. The highest BCUT2D eigenvalue weighted by molar-refractivity contribution is 6.34. The fourth-order valence-electron chi connectivity index (χ4n) is 4.02. The molecule has 2 aromatic heterocycles. The van der Waals surface area contributed by atoms with E-state index in [0.717, 1.165) is 38.6 Å². The SMILES string of the molecule is N#Cc1cncc(-c2c(Cl)nc(NCc3ccccc3)c3c(-c4ccccc4)cccc23)c1. The molecule has 2 heterocycles. The summed E-state index contributed by atoms with van der Waals surface area (Å²) in [4.78, 5) is 9.01. The number of halogens is 1. The van der Waals surface area contributed by atoms with E-state index in [1.54, 1.807) is 12.3 Å². The van der Waals surface area contributed by atoms with Crippen molar-refractivity contribution in [2.75, 3.05) is 5.32 Å². The summed E-state index contributed by atoms with van der Waals surface area (Å²) in [5.41, 5.74) is 5.29. The second kappa shape index (κ2) is 9.12. The molecular formula is C28H19ClN4. The first kappa shape index (κ1) is 20.7. The number of nitrogens with one attached hydrogen (secondary N) is 1. The number of fused-ring (bicyclic) bond motifs is 1. The summed E-state index contributed by atoms with van der Waals surface area (Å²) < 4.78 is 0. The molecule has 5 rings (SSSR count). The van der Waals surface area contributed by atoms with Gasteiger partial charge in [-0.3, -0.25) is 4.98 Å². The maximum atomic E-state index is 9.36. The van der Waals surface area contributed by atoms with Crippen LogP contribution in [0, 0.1) is 11.3 Å². The monoisotopic (exact) mass is 446 g/mol. The van der Waals surface area contributed by atoms with Crippen molar-refractivity contribution in [3.63, 3.8) is 0 Å². The molecular weight excluding hydrogens is 428 g/mol. The highest BCUT2D eigenvalue weighted by atomic mass is 35.5. The van der Waals surface area contributed by atoms with Crippen LogP contribution in [0.5, 0.6) is 0 Å². The third-order valence-electron chi connectivity index (χ3n) is 5.53. The highest BCUT2D eigenvalue weighted by Crippen LogP contribution is 2.41. The molecule has 0 aliphatic carbocycles. The Morgan fingerprint density at radius 2 is 1.61 bits per heavy atom. The molecule has 5 heteroatoms. The lowest BCUT2D eigenvalue weighted by Crippen LogP contribution is -2.04. The van der Waals surface area contributed by atoms with E-state index in [1.165, 1.54) is 6.20 Å². The molecule has 0 saturated heterocycles. The molecule has 5 aromatic rings. The summed E-state index contributed by atoms with van der Waals surface area (Å²) >= 11 is 6.76. The minimum Gasteiger partial charge on any atom is -0.365 e. The standard InChI is InChI=1S/C28H19ClN4/c29-27-25(22-14-20(15-30)16-31-18-22)24-13-7-12-23(21-10-5-2-6-11-21)26(24)28(33-27)32-17-19-8-3-1-4-9-19/h1-14,16,18H,17H2,(H,32,33). The number of aromatic nitrogens is 2. The van der Waals surface area contributed by atoms with E-state index < -0.39 is 0 Å². The van der Waals surface area contributed by atoms with Crippen LogP contribution < -0.4 is 5.32 Å². The first-order chi connectivity index (χ1) is 16.2. The normalized spacial score (nSPS) is 10.7. The third-order valence-corrected chi connectivity index (χ3v) is 5.80. The Morgan fingerprint density at radius 1 is 0.848 bits per heavy atom. The molecule has 33 heavy (non-hydrogen) atoms. The average molecular weight is 447 g/mol. The lowest BCUT2D eigenvalue weighted by Gasteiger charge is -2.17. The molecule has 4 nitrogen and oxygen atoms in total. The number of hydrogen-bond acceptors (Lipinski definition) is 4. The topological polar surface area (TPSA) is 61.6 Å². The quantitative estimate of drug-likeness (QED) is 0.292. The van der Waals surface area contributed by atoms with Crippen LogP contribution in [0.2, 0.25) is 5.15 Å². The molecule has 0 aliphatic heterocycles. The van der Waals surface area contributed by atoms with Gasteiger partial charge in [-0.2, -0.15) is 5.26 Å². The largest absolute Gasteiger partial charge is 0.365 e. The van der Waals surface area contributed by atoms with Crippen LogP contribution in [0.25, 0.3) is 33.0 Å². The molecule has 0 saturated carbocycles. The number of anilines is 1. The van der Waals surface area contributed by atoms with Crippen LogP contribution >= 0.6 is 11.6 Å². The van der Waals surface area contributed by atoms with Gasteiger partial charge in [0.1, 0.15) is 17.0 Å². The zero-order valence-electron chi connectivity index (χ0n) is 17.7. The summed E-state index contributed by atoms with van der Waals surface area (Å²) in [6.07, 6.45) is 3.26. The van der Waals surface area contributed by atoms with Gasteiger partial charge in [0, 0.05) is 35.5 Å². The number of hydrogen-bond donors (Lipinski definition) is 1. The fourth-order valence-corrected chi connectivity index (χ4v) is 4.31. The first-order valence-corrected chi connectivity index (χ1v) is 10.9. The summed E-state index contributed by atoms with van der Waals surface area (Å²) in [6.45, 7) is 0.618. The minimum absolute atomic E-state index is 0.361. The van der Waals surface area contributed by atoms with Crippen molar-refractivity contribution in [3.05, 3.63) is 114 Å². The van der Waals surface area contributed by atoms with E-state index in [-0.39, 0.29) is 0 Å². The van der Waals surface area contributed by atoms with Gasteiger partial charge >= 0.3 is 0 Å². The second-order valence-electron chi connectivity index (χ2n) is 7.63. The van der Waals surface area contributed by atoms with Crippen molar-refractivity contribution in [2.45, 2.75) is 6.54 Å². The summed E-state index contributed by atoms with van der Waals surface area (Å²) in [6, 6.07) is 30.5. The molecule has 0 atom stereocenters. The minimum atomic E-state index is 0.361. The lowest BCUT2D eigenvalue weighted by molar-refractivity contribution is 1.12. The van der Waals surface area contributed by atoms with E-state index in [2.05, 4.69) is 46.7 Å². The van der Waals surface area contributed by atoms with Crippen LogP contribution in [0.3, 0.4) is 0 Å². The van der Waals surface area contributed by atoms with Crippen molar-refractivity contribution in [1.82, 2.24) is 9.97 Å². The molecule has 0 unspecified atom stereocenters. The summed E-state index contributed by atoms with van der Waals surface area (Å²) in [5.74, 6) is 0.714. The van der Waals surface area contributed by atoms with Gasteiger partial charge in [0.05, 0.1) is 5.56 Å². The Bertz CT molecular complexity index is 1480. The number of pyridine rings is 2. The molecule has 0 fully saturated rings. The van der Waals surface area contributed by atoms with Crippen LogP contribution in [0.15, 0.2) is 97.3 Å². The number of benzene rings is 3. The Labute approximate surface area is 197 Å². The zero-order chi connectivity index (χ0) is 22.6. The second-order valence-corrected chi connectivity index (χ2v) is 7.99. The Kier molecular flexibility index (Phi) is 5.72. The molecule has 3 aromatic carbocycles. The number of rotatable bonds is 5. The number of nitriles is 1. The van der Waals surface area contributed by atoms with E-state index >= 15 is 0 Å². The van der Waals surface area contributed by atoms with Crippen LogP contribution in [-0.2, 0) is 6.54 Å². The van der Waals surface area contributed by atoms with Gasteiger partial charge in [0.2, 0.25) is 0 Å². The van der Waals surface area contributed by atoms with Gasteiger partial charge < -0.3 is 5.32 Å². The van der Waals surface area contributed by atoms with Crippen molar-refractivity contribution in [3.8, 4) is 28.3 Å². The number of nitrogens with zero attached hydrogens (tertiary/aromatic N) is 3. The van der Waals surface area contributed by atoms with Crippen LogP contribution in [0.4, 0.5) is 5.82 Å². The van der Waals surface area contributed by atoms with Gasteiger partial charge in [-0.15, -0.1) is 0 Å². The molecule has 0 bridgehead atoms. The van der Waals surface area contributed by atoms with Crippen LogP contribution in [0.1, 0.15) is 11.1 Å². The average Bonchev–Trinajstić information content (AvgIpc) is 2.88. The van der Waals surface area contributed by atoms with Crippen molar-refractivity contribution >= 4 is 28.2 Å². The van der Waals surface area contributed by atoms with Gasteiger partial charge in [-0.1, -0.05) is 90.5 Å². The van der Waals surface area contributed by atoms with Gasteiger partial charge in [-0.25, -0.2) is 4.98 Å². The maximum Gasteiger partial charge on any atom is 0.140 e. The third kappa shape index (κ3) is 4.15. The van der Waals surface area contributed by atoms with Crippen molar-refractivity contribution < 1.29 is 0 Å². The molecule has 0 aliphatic rings. The van der Waals surface area contributed by atoms with Crippen molar-refractivity contribution in [1.29, 1.82) is 5.26 Å². The maximum absolute atomic E-state index is 9.36. The van der Waals surface area contributed by atoms with Gasteiger partial charge in [0.15, 0.2) is 0 Å². The van der Waals surface area contributed by atoms with Gasteiger partial charge in [-0.05, 0) is 28.1 Å². The Morgan fingerprint density at radius 3 is 2.36 bits per heavy atom. The van der Waals surface area contributed by atoms with E-state index in [0.29, 0.717) is 23.1 Å². The van der Waals surface area contributed by atoms with Gasteiger partial charge in [0.25, 0.3) is 0 Å². The lowest BCUT2D eigenvalue weighted by atomic mass is 9.94. The first-order valence-electron chi connectivity index (χ1n) is 10.6. The van der Waals surface area contributed by atoms with Crippen LogP contribution in [-0.4, -0.2) is 9.97 Å².